The zero-order valence-electron chi connectivity index (χ0n) is 11.9. The van der Waals surface area contributed by atoms with E-state index in [0.29, 0.717) is 38.9 Å². The van der Waals surface area contributed by atoms with Crippen LogP contribution < -0.4 is 0 Å². The third kappa shape index (κ3) is 5.09. The van der Waals surface area contributed by atoms with Gasteiger partial charge in [0.2, 0.25) is 15.9 Å². The van der Waals surface area contributed by atoms with Crippen molar-refractivity contribution >= 4 is 21.9 Å². The molecule has 1 saturated heterocycles. The Bertz CT molecular complexity index is 462. The minimum atomic E-state index is -3.22. The van der Waals surface area contributed by atoms with E-state index in [1.54, 1.807) is 11.8 Å². The van der Waals surface area contributed by atoms with Crippen LogP contribution in [0.5, 0.6) is 0 Å². The zero-order chi connectivity index (χ0) is 15.3. The van der Waals surface area contributed by atoms with E-state index < -0.39 is 16.0 Å². The van der Waals surface area contributed by atoms with Crippen molar-refractivity contribution < 1.29 is 23.1 Å². The number of rotatable bonds is 6. The molecule has 7 nitrogen and oxygen atoms in total. The van der Waals surface area contributed by atoms with Gasteiger partial charge in [0.1, 0.15) is 0 Å². The predicted molar refractivity (Wildman–Crippen MR) is 73.7 cm³/mol. The number of carbonyl (C=O) groups is 2. The van der Waals surface area contributed by atoms with E-state index in [9.17, 15) is 18.0 Å². The van der Waals surface area contributed by atoms with Gasteiger partial charge in [-0.3, -0.25) is 9.59 Å². The van der Waals surface area contributed by atoms with Crippen molar-refractivity contribution in [3.05, 3.63) is 0 Å². The molecule has 1 aliphatic rings. The summed E-state index contributed by atoms with van der Waals surface area (Å²) in [5.74, 6) is -0.886. The molecule has 1 rings (SSSR count). The second-order valence-corrected chi connectivity index (χ2v) is 7.10. The van der Waals surface area contributed by atoms with Crippen molar-refractivity contribution in [3.8, 4) is 0 Å². The van der Waals surface area contributed by atoms with Crippen LogP contribution in [0.2, 0.25) is 0 Å². The van der Waals surface area contributed by atoms with Crippen LogP contribution in [-0.2, 0) is 19.6 Å². The summed E-state index contributed by atoms with van der Waals surface area (Å²) < 4.78 is 24.4. The summed E-state index contributed by atoms with van der Waals surface area (Å²) in [7, 11) is -3.22. The number of carbonyl (C=O) groups excluding carboxylic acids is 1. The maximum Gasteiger partial charge on any atom is 0.303 e. The second kappa shape index (κ2) is 7.03. The van der Waals surface area contributed by atoms with E-state index in [1.807, 2.05) is 0 Å². The van der Waals surface area contributed by atoms with Crippen LogP contribution in [0.25, 0.3) is 0 Å². The van der Waals surface area contributed by atoms with Gasteiger partial charge in [-0.1, -0.05) is 0 Å². The highest BCUT2D eigenvalue weighted by Crippen LogP contribution is 2.14. The molecule has 0 spiro atoms. The molecule has 1 aliphatic heterocycles. The van der Waals surface area contributed by atoms with Crippen LogP contribution in [-0.4, -0.2) is 66.5 Å². The number of sulfonamides is 1. The first kappa shape index (κ1) is 16.9. The fourth-order valence-corrected chi connectivity index (χ4v) is 3.50. The number of hydrogen-bond donors (Lipinski definition) is 1. The first-order valence-corrected chi connectivity index (χ1v) is 8.53. The molecule has 0 saturated carbocycles. The summed E-state index contributed by atoms with van der Waals surface area (Å²) in [5.41, 5.74) is 0. The van der Waals surface area contributed by atoms with Gasteiger partial charge in [0.05, 0.1) is 6.26 Å². The van der Waals surface area contributed by atoms with Gasteiger partial charge in [0.25, 0.3) is 0 Å². The molecule has 0 unspecified atom stereocenters. The van der Waals surface area contributed by atoms with Crippen LogP contribution >= 0.6 is 0 Å². The molecule has 8 heteroatoms. The van der Waals surface area contributed by atoms with E-state index in [0.717, 1.165) is 0 Å². The molecule has 116 valence electrons. The largest absolute Gasteiger partial charge is 0.481 e. The van der Waals surface area contributed by atoms with Crippen molar-refractivity contribution in [2.75, 3.05) is 25.9 Å². The molecule has 1 amide bonds. The Morgan fingerprint density at radius 2 is 1.80 bits per heavy atom. The average molecular weight is 306 g/mol. The SMILES string of the molecule is C[C@H]1CN(C(=O)CCCCC(=O)O)CCN1S(C)(=O)=O. The first-order valence-electron chi connectivity index (χ1n) is 6.68. The third-order valence-electron chi connectivity index (χ3n) is 3.38. The molecule has 0 radical (unpaired) electrons. The molecule has 0 aromatic rings. The van der Waals surface area contributed by atoms with Gasteiger partial charge < -0.3 is 10.0 Å². The van der Waals surface area contributed by atoms with Crippen LogP contribution in [0.1, 0.15) is 32.6 Å². The Morgan fingerprint density at radius 3 is 2.30 bits per heavy atom. The number of amides is 1. The lowest BCUT2D eigenvalue weighted by Gasteiger charge is -2.38. The fraction of sp³-hybridized carbons (Fsp3) is 0.833. The highest BCUT2D eigenvalue weighted by molar-refractivity contribution is 7.88. The summed E-state index contributed by atoms with van der Waals surface area (Å²) in [5, 5.41) is 8.51. The molecule has 0 bridgehead atoms. The lowest BCUT2D eigenvalue weighted by atomic mass is 10.1. The monoisotopic (exact) mass is 306 g/mol. The van der Waals surface area contributed by atoms with Gasteiger partial charge in [-0.2, -0.15) is 4.31 Å². The Balaban J connectivity index is 2.39. The summed E-state index contributed by atoms with van der Waals surface area (Å²) in [4.78, 5) is 24.0. The van der Waals surface area contributed by atoms with Crippen LogP contribution in [0.3, 0.4) is 0 Å². The summed E-state index contributed by atoms with van der Waals surface area (Å²) >= 11 is 0. The number of carboxylic acids is 1. The quantitative estimate of drug-likeness (QED) is 0.704. The fourth-order valence-electron chi connectivity index (χ4n) is 2.37. The molecule has 1 atom stereocenters. The van der Waals surface area contributed by atoms with Crippen molar-refractivity contribution in [2.24, 2.45) is 0 Å². The molecule has 1 fully saturated rings. The van der Waals surface area contributed by atoms with E-state index in [1.165, 1.54) is 10.6 Å². The Kier molecular flexibility index (Phi) is 5.94. The molecule has 0 aromatic carbocycles. The number of unbranched alkanes of at least 4 members (excludes halogenated alkanes) is 1. The Hall–Kier alpha value is -1.15. The Labute approximate surface area is 119 Å². The van der Waals surface area contributed by atoms with Gasteiger partial charge in [0, 0.05) is 38.5 Å². The van der Waals surface area contributed by atoms with Crippen molar-refractivity contribution in [3.63, 3.8) is 0 Å². The standard InChI is InChI=1S/C12H22N2O5S/c1-10-9-13(7-8-14(10)20(2,18)19)11(15)5-3-4-6-12(16)17/h10H,3-9H2,1-2H3,(H,16,17)/t10-/m0/s1. The number of carboxylic acid groups (broad SMARTS) is 1. The van der Waals surface area contributed by atoms with E-state index in [2.05, 4.69) is 0 Å². The van der Waals surface area contributed by atoms with E-state index in [-0.39, 0.29) is 18.4 Å². The number of hydrogen-bond acceptors (Lipinski definition) is 4. The van der Waals surface area contributed by atoms with Crippen molar-refractivity contribution in [1.82, 2.24) is 9.21 Å². The summed E-state index contributed by atoms with van der Waals surface area (Å²) in [6, 6.07) is -0.221. The lowest BCUT2D eigenvalue weighted by molar-refractivity contribution is -0.138. The first-order chi connectivity index (χ1) is 9.21. The van der Waals surface area contributed by atoms with Gasteiger partial charge in [-0.15, -0.1) is 0 Å². The van der Waals surface area contributed by atoms with E-state index >= 15 is 0 Å². The zero-order valence-corrected chi connectivity index (χ0v) is 12.7. The molecule has 20 heavy (non-hydrogen) atoms. The topological polar surface area (TPSA) is 95.0 Å². The summed E-state index contributed by atoms with van der Waals surface area (Å²) in [6.45, 7) is 2.89. The van der Waals surface area contributed by atoms with Crippen LogP contribution in [0, 0.1) is 0 Å². The van der Waals surface area contributed by atoms with Crippen molar-refractivity contribution in [2.45, 2.75) is 38.6 Å². The number of aliphatic carboxylic acids is 1. The highest BCUT2D eigenvalue weighted by Gasteiger charge is 2.31. The third-order valence-corrected chi connectivity index (χ3v) is 4.77. The molecular weight excluding hydrogens is 284 g/mol. The van der Waals surface area contributed by atoms with Gasteiger partial charge in [-0.05, 0) is 19.8 Å². The van der Waals surface area contributed by atoms with Gasteiger partial charge in [0.15, 0.2) is 0 Å². The molecule has 1 heterocycles. The number of nitrogens with zero attached hydrogens (tertiary/aromatic N) is 2. The van der Waals surface area contributed by atoms with Gasteiger partial charge in [-0.25, -0.2) is 8.42 Å². The van der Waals surface area contributed by atoms with Crippen molar-refractivity contribution in [1.29, 1.82) is 0 Å². The summed E-state index contributed by atoms with van der Waals surface area (Å²) in [6.07, 6.45) is 2.60. The highest BCUT2D eigenvalue weighted by atomic mass is 32.2. The normalized spacial score (nSPS) is 20.9. The minimum Gasteiger partial charge on any atom is -0.481 e. The van der Waals surface area contributed by atoms with Crippen LogP contribution in [0.4, 0.5) is 0 Å². The molecule has 0 aliphatic carbocycles. The van der Waals surface area contributed by atoms with E-state index in [4.69, 9.17) is 5.11 Å². The second-order valence-electron chi connectivity index (χ2n) is 5.16. The maximum absolute atomic E-state index is 12.0. The molecule has 0 aromatic heterocycles. The molecular formula is C12H22N2O5S. The van der Waals surface area contributed by atoms with Gasteiger partial charge >= 0.3 is 5.97 Å². The molecule has 1 N–H and O–H groups in total. The lowest BCUT2D eigenvalue weighted by Crippen LogP contribution is -2.55. The van der Waals surface area contributed by atoms with Crippen LogP contribution in [0.15, 0.2) is 0 Å². The number of piperazine rings is 1. The maximum atomic E-state index is 12.0. The minimum absolute atomic E-state index is 0.0320. The smallest absolute Gasteiger partial charge is 0.303 e. The average Bonchev–Trinajstić information content (AvgIpc) is 2.32. The predicted octanol–water partition coefficient (Wildman–Crippen LogP) is 0.124. The Morgan fingerprint density at radius 1 is 1.20 bits per heavy atom.